The second kappa shape index (κ2) is 6.01. The van der Waals surface area contributed by atoms with Crippen LogP contribution in [-0.2, 0) is 17.6 Å². The lowest BCUT2D eigenvalue weighted by Gasteiger charge is -1.95. The Bertz CT molecular complexity index is 239. The van der Waals surface area contributed by atoms with Crippen molar-refractivity contribution in [3.8, 4) is 0 Å². The molecule has 74 valence electrons. The summed E-state index contributed by atoms with van der Waals surface area (Å²) in [6.07, 6.45) is 1.68. The third kappa shape index (κ3) is 3.80. The standard InChI is InChI=1S/C8H15N3OS/c1-2-12-6-4-8-11-10-7(13-8)3-5-9/h2-6,9H2,1H3. The molecular formula is C8H15N3OS. The molecule has 1 aromatic rings. The van der Waals surface area contributed by atoms with E-state index >= 15 is 0 Å². The molecule has 0 aliphatic heterocycles. The van der Waals surface area contributed by atoms with E-state index in [1.807, 2.05) is 6.92 Å². The van der Waals surface area contributed by atoms with Gasteiger partial charge in [0, 0.05) is 19.4 Å². The van der Waals surface area contributed by atoms with Crippen LogP contribution < -0.4 is 5.73 Å². The van der Waals surface area contributed by atoms with Crippen molar-refractivity contribution < 1.29 is 4.74 Å². The van der Waals surface area contributed by atoms with Gasteiger partial charge in [-0.2, -0.15) is 0 Å². The maximum atomic E-state index is 5.41. The predicted molar refractivity (Wildman–Crippen MR) is 52.9 cm³/mol. The molecule has 0 fully saturated rings. The van der Waals surface area contributed by atoms with Gasteiger partial charge in [0.05, 0.1) is 6.61 Å². The molecule has 1 heterocycles. The molecule has 0 saturated carbocycles. The van der Waals surface area contributed by atoms with Crippen molar-refractivity contribution in [2.75, 3.05) is 19.8 Å². The molecule has 5 heteroatoms. The van der Waals surface area contributed by atoms with Gasteiger partial charge in [-0.3, -0.25) is 0 Å². The highest BCUT2D eigenvalue weighted by molar-refractivity contribution is 7.11. The van der Waals surface area contributed by atoms with Crippen molar-refractivity contribution in [3.63, 3.8) is 0 Å². The quantitative estimate of drug-likeness (QED) is 0.685. The first-order valence-corrected chi connectivity index (χ1v) is 5.27. The Morgan fingerprint density at radius 2 is 2.00 bits per heavy atom. The smallest absolute Gasteiger partial charge is 0.119 e. The number of hydrogen-bond acceptors (Lipinski definition) is 5. The fourth-order valence-corrected chi connectivity index (χ4v) is 1.76. The first kappa shape index (κ1) is 10.6. The van der Waals surface area contributed by atoms with Crippen LogP contribution in [0.5, 0.6) is 0 Å². The van der Waals surface area contributed by atoms with Crippen LogP contribution >= 0.6 is 11.3 Å². The minimum absolute atomic E-state index is 0.639. The van der Waals surface area contributed by atoms with E-state index in [0.717, 1.165) is 36.1 Å². The van der Waals surface area contributed by atoms with Crippen LogP contribution in [0.3, 0.4) is 0 Å². The van der Waals surface area contributed by atoms with Crippen LogP contribution in [0.25, 0.3) is 0 Å². The maximum Gasteiger partial charge on any atom is 0.119 e. The summed E-state index contributed by atoms with van der Waals surface area (Å²) in [5.41, 5.74) is 5.41. The molecule has 0 aliphatic rings. The van der Waals surface area contributed by atoms with Gasteiger partial charge in [-0.1, -0.05) is 0 Å². The largest absolute Gasteiger partial charge is 0.381 e. The Hall–Kier alpha value is -0.520. The van der Waals surface area contributed by atoms with Gasteiger partial charge in [0.15, 0.2) is 0 Å². The van der Waals surface area contributed by atoms with Crippen molar-refractivity contribution in [1.82, 2.24) is 10.2 Å². The summed E-state index contributed by atoms with van der Waals surface area (Å²) in [7, 11) is 0. The van der Waals surface area contributed by atoms with Gasteiger partial charge in [-0.15, -0.1) is 21.5 Å². The highest BCUT2D eigenvalue weighted by Gasteiger charge is 2.02. The molecule has 0 amide bonds. The molecule has 0 spiro atoms. The highest BCUT2D eigenvalue weighted by atomic mass is 32.1. The topological polar surface area (TPSA) is 61.0 Å². The van der Waals surface area contributed by atoms with E-state index in [4.69, 9.17) is 10.5 Å². The van der Waals surface area contributed by atoms with Crippen molar-refractivity contribution in [3.05, 3.63) is 10.0 Å². The summed E-state index contributed by atoms with van der Waals surface area (Å²) >= 11 is 1.63. The Labute approximate surface area is 82.1 Å². The zero-order valence-electron chi connectivity index (χ0n) is 7.82. The normalized spacial score (nSPS) is 10.6. The zero-order chi connectivity index (χ0) is 9.52. The minimum atomic E-state index is 0.639. The molecular weight excluding hydrogens is 186 g/mol. The molecule has 0 unspecified atom stereocenters. The number of nitrogens with zero attached hydrogens (tertiary/aromatic N) is 2. The molecule has 0 saturated heterocycles. The summed E-state index contributed by atoms with van der Waals surface area (Å²) in [4.78, 5) is 0. The molecule has 0 bridgehead atoms. The Morgan fingerprint density at radius 1 is 1.31 bits per heavy atom. The SMILES string of the molecule is CCOCCc1nnc(CCN)s1. The van der Waals surface area contributed by atoms with E-state index in [1.165, 1.54) is 0 Å². The van der Waals surface area contributed by atoms with Gasteiger partial charge in [-0.25, -0.2) is 0 Å². The van der Waals surface area contributed by atoms with Gasteiger partial charge in [0.25, 0.3) is 0 Å². The molecule has 0 radical (unpaired) electrons. The zero-order valence-corrected chi connectivity index (χ0v) is 8.64. The Kier molecular flexibility index (Phi) is 4.88. The second-order valence-electron chi connectivity index (χ2n) is 2.58. The van der Waals surface area contributed by atoms with Crippen molar-refractivity contribution >= 4 is 11.3 Å². The summed E-state index contributed by atoms with van der Waals surface area (Å²) < 4.78 is 5.22. The van der Waals surface area contributed by atoms with Crippen LogP contribution in [-0.4, -0.2) is 30.0 Å². The number of rotatable bonds is 6. The fourth-order valence-electron chi connectivity index (χ4n) is 0.918. The lowest BCUT2D eigenvalue weighted by atomic mass is 10.5. The number of nitrogens with two attached hydrogens (primary N) is 1. The van der Waals surface area contributed by atoms with E-state index < -0.39 is 0 Å². The lowest BCUT2D eigenvalue weighted by molar-refractivity contribution is 0.150. The molecule has 1 rings (SSSR count). The molecule has 13 heavy (non-hydrogen) atoms. The maximum absolute atomic E-state index is 5.41. The number of ether oxygens (including phenoxy) is 1. The van der Waals surface area contributed by atoms with Crippen LogP contribution in [0.2, 0.25) is 0 Å². The average molecular weight is 201 g/mol. The van der Waals surface area contributed by atoms with E-state index in [-0.39, 0.29) is 0 Å². The van der Waals surface area contributed by atoms with Gasteiger partial charge < -0.3 is 10.5 Å². The first-order valence-electron chi connectivity index (χ1n) is 4.46. The van der Waals surface area contributed by atoms with Gasteiger partial charge in [-0.05, 0) is 13.5 Å². The van der Waals surface area contributed by atoms with Crippen molar-refractivity contribution in [1.29, 1.82) is 0 Å². The van der Waals surface area contributed by atoms with Gasteiger partial charge in [0.1, 0.15) is 10.0 Å². The van der Waals surface area contributed by atoms with Gasteiger partial charge in [0.2, 0.25) is 0 Å². The fraction of sp³-hybridized carbons (Fsp3) is 0.750. The predicted octanol–water partition coefficient (Wildman–Crippen LogP) is 0.618. The summed E-state index contributed by atoms with van der Waals surface area (Å²) in [6, 6.07) is 0. The van der Waals surface area contributed by atoms with E-state index in [9.17, 15) is 0 Å². The van der Waals surface area contributed by atoms with Crippen molar-refractivity contribution in [2.24, 2.45) is 5.73 Å². The summed E-state index contributed by atoms with van der Waals surface area (Å²) in [6.45, 7) is 4.11. The third-order valence-electron chi connectivity index (χ3n) is 1.53. The van der Waals surface area contributed by atoms with E-state index in [0.29, 0.717) is 6.54 Å². The molecule has 0 aromatic carbocycles. The van der Waals surface area contributed by atoms with E-state index in [2.05, 4.69) is 10.2 Å². The lowest BCUT2D eigenvalue weighted by Crippen LogP contribution is -2.01. The summed E-state index contributed by atoms with van der Waals surface area (Å²) in [5.74, 6) is 0. The molecule has 4 nitrogen and oxygen atoms in total. The van der Waals surface area contributed by atoms with Crippen LogP contribution in [0.15, 0.2) is 0 Å². The first-order chi connectivity index (χ1) is 6.36. The second-order valence-corrected chi connectivity index (χ2v) is 3.72. The average Bonchev–Trinajstić information content (AvgIpc) is 2.54. The minimum Gasteiger partial charge on any atom is -0.381 e. The van der Waals surface area contributed by atoms with Crippen LogP contribution in [0, 0.1) is 0 Å². The highest BCUT2D eigenvalue weighted by Crippen LogP contribution is 2.10. The summed E-state index contributed by atoms with van der Waals surface area (Å²) in [5, 5.41) is 10.1. The number of aromatic nitrogens is 2. The molecule has 0 atom stereocenters. The van der Waals surface area contributed by atoms with Gasteiger partial charge >= 0.3 is 0 Å². The van der Waals surface area contributed by atoms with Crippen LogP contribution in [0.1, 0.15) is 16.9 Å². The molecule has 1 aromatic heterocycles. The monoisotopic (exact) mass is 201 g/mol. The van der Waals surface area contributed by atoms with Crippen LogP contribution in [0.4, 0.5) is 0 Å². The Balaban J connectivity index is 2.31. The number of hydrogen-bond donors (Lipinski definition) is 1. The molecule has 2 N–H and O–H groups in total. The molecule has 0 aliphatic carbocycles. The Morgan fingerprint density at radius 3 is 2.62 bits per heavy atom. The van der Waals surface area contributed by atoms with Crippen molar-refractivity contribution in [2.45, 2.75) is 19.8 Å². The third-order valence-corrected chi connectivity index (χ3v) is 2.57. The van der Waals surface area contributed by atoms with E-state index in [1.54, 1.807) is 11.3 Å².